The van der Waals surface area contributed by atoms with Gasteiger partial charge in [-0.05, 0) is 50.7 Å². The maximum atomic E-state index is 13.4. The zero-order chi connectivity index (χ0) is 20.5. The van der Waals surface area contributed by atoms with E-state index in [1.165, 1.54) is 0 Å². The van der Waals surface area contributed by atoms with Gasteiger partial charge in [-0.3, -0.25) is 9.59 Å². The lowest BCUT2D eigenvalue weighted by Crippen LogP contribution is -2.55. The summed E-state index contributed by atoms with van der Waals surface area (Å²) >= 11 is 0. The Morgan fingerprint density at radius 1 is 1.36 bits per heavy atom. The fraction of sp³-hybridized carbons (Fsp3) is 0.905. The van der Waals surface area contributed by atoms with Crippen molar-refractivity contribution in [1.29, 1.82) is 0 Å². The molecule has 0 aromatic carbocycles. The van der Waals surface area contributed by atoms with Gasteiger partial charge < -0.3 is 18.8 Å². The minimum absolute atomic E-state index is 0.00118. The number of esters is 1. The van der Waals surface area contributed by atoms with Crippen LogP contribution < -0.4 is 0 Å². The third-order valence-electron chi connectivity index (χ3n) is 7.89. The molecule has 158 valence electrons. The average molecular weight is 410 g/mol. The van der Waals surface area contributed by atoms with E-state index in [9.17, 15) is 9.59 Å². The van der Waals surface area contributed by atoms with Crippen molar-refractivity contribution >= 4 is 20.2 Å². The maximum absolute atomic E-state index is 13.4. The number of hydrogen-bond donors (Lipinski definition) is 0. The van der Waals surface area contributed by atoms with Gasteiger partial charge in [-0.1, -0.05) is 20.8 Å². The number of rotatable bonds is 4. The van der Waals surface area contributed by atoms with Crippen molar-refractivity contribution in [3.63, 3.8) is 0 Å². The smallest absolute Gasteiger partial charge is 0.309 e. The second kappa shape index (κ2) is 6.54. The van der Waals surface area contributed by atoms with Gasteiger partial charge in [-0.25, -0.2) is 0 Å². The number of amides is 1. The highest BCUT2D eigenvalue weighted by Crippen LogP contribution is 2.59. The number of nitrogens with zero attached hydrogens (tertiary/aromatic N) is 1. The monoisotopic (exact) mass is 409 g/mol. The van der Waals surface area contributed by atoms with E-state index in [1.54, 1.807) is 0 Å². The summed E-state index contributed by atoms with van der Waals surface area (Å²) in [6, 6.07) is 0.0672. The molecule has 4 rings (SSSR count). The Balaban J connectivity index is 1.68. The van der Waals surface area contributed by atoms with Crippen LogP contribution in [0, 0.1) is 11.8 Å². The first-order valence-corrected chi connectivity index (χ1v) is 13.8. The van der Waals surface area contributed by atoms with E-state index in [2.05, 4.69) is 33.9 Å². The molecule has 1 amide bonds. The molecule has 0 aromatic heterocycles. The Morgan fingerprint density at radius 3 is 2.71 bits per heavy atom. The number of hydrogen-bond acceptors (Lipinski definition) is 5. The topological polar surface area (TPSA) is 68.4 Å². The van der Waals surface area contributed by atoms with E-state index in [0.29, 0.717) is 19.4 Å². The molecule has 1 aliphatic carbocycles. The SMILES string of the molecule is CCOC(=O)[C@H]1C[C@H]2O[C@@]23C[C@H]1C(=O)N1CCCC1[C@@H]3O[Si](C)(C)C(C)(C)C. The molecule has 3 aliphatic heterocycles. The lowest BCUT2D eigenvalue weighted by atomic mass is 9.72. The highest BCUT2D eigenvalue weighted by atomic mass is 28.4. The largest absolute Gasteiger partial charge is 0.466 e. The van der Waals surface area contributed by atoms with Crippen molar-refractivity contribution in [2.24, 2.45) is 11.8 Å². The van der Waals surface area contributed by atoms with Crippen LogP contribution in [-0.4, -0.2) is 62.1 Å². The third kappa shape index (κ3) is 2.96. The Morgan fingerprint density at radius 2 is 2.07 bits per heavy atom. The van der Waals surface area contributed by atoms with Crippen LogP contribution in [0.25, 0.3) is 0 Å². The molecule has 0 aromatic rings. The molecule has 6 nitrogen and oxygen atoms in total. The van der Waals surface area contributed by atoms with E-state index in [4.69, 9.17) is 13.9 Å². The van der Waals surface area contributed by atoms with Crippen molar-refractivity contribution in [3.05, 3.63) is 0 Å². The third-order valence-corrected chi connectivity index (χ3v) is 12.3. The van der Waals surface area contributed by atoms with Crippen LogP contribution in [0.1, 0.15) is 53.4 Å². The predicted molar refractivity (Wildman–Crippen MR) is 107 cm³/mol. The zero-order valence-corrected chi connectivity index (χ0v) is 19.1. The van der Waals surface area contributed by atoms with E-state index in [-0.39, 0.29) is 47.0 Å². The van der Waals surface area contributed by atoms with Crippen molar-refractivity contribution in [2.75, 3.05) is 13.2 Å². The first kappa shape index (κ1) is 20.4. The molecular weight excluding hydrogens is 374 g/mol. The van der Waals surface area contributed by atoms with E-state index in [0.717, 1.165) is 19.4 Å². The van der Waals surface area contributed by atoms with Crippen LogP contribution in [0.15, 0.2) is 0 Å². The summed E-state index contributed by atoms with van der Waals surface area (Å²) < 4.78 is 18.6. The number of fused-ring (bicyclic) bond motifs is 2. The van der Waals surface area contributed by atoms with Crippen molar-refractivity contribution in [3.8, 4) is 0 Å². The van der Waals surface area contributed by atoms with E-state index in [1.807, 2.05) is 11.8 Å². The molecule has 3 heterocycles. The summed E-state index contributed by atoms with van der Waals surface area (Å²) in [4.78, 5) is 28.0. The summed E-state index contributed by atoms with van der Waals surface area (Å²) in [7, 11) is -2.03. The molecule has 6 atom stereocenters. The Bertz CT molecular complexity index is 674. The highest BCUT2D eigenvalue weighted by molar-refractivity contribution is 6.74. The van der Waals surface area contributed by atoms with Crippen LogP contribution in [0.2, 0.25) is 18.1 Å². The summed E-state index contributed by atoms with van der Waals surface area (Å²) in [5.74, 6) is -0.868. The van der Waals surface area contributed by atoms with Crippen LogP contribution >= 0.6 is 0 Å². The normalized spacial score (nSPS) is 39.9. The lowest BCUT2D eigenvalue weighted by Gasteiger charge is -2.43. The van der Waals surface area contributed by atoms with Crippen LogP contribution in [-0.2, 0) is 23.5 Å². The number of epoxide rings is 1. The molecule has 1 unspecified atom stereocenters. The fourth-order valence-corrected chi connectivity index (χ4v) is 6.61. The molecule has 1 spiro atoms. The van der Waals surface area contributed by atoms with Gasteiger partial charge in [-0.2, -0.15) is 0 Å². The summed E-state index contributed by atoms with van der Waals surface area (Å²) in [5, 5.41) is 0.0926. The Hall–Kier alpha value is -0.923. The minimum Gasteiger partial charge on any atom is -0.466 e. The first-order chi connectivity index (χ1) is 13.0. The molecule has 0 N–H and O–H groups in total. The van der Waals surface area contributed by atoms with E-state index >= 15 is 0 Å². The van der Waals surface area contributed by atoms with Gasteiger partial charge in [0, 0.05) is 6.54 Å². The van der Waals surface area contributed by atoms with Gasteiger partial charge in [0.05, 0.1) is 36.7 Å². The van der Waals surface area contributed by atoms with E-state index < -0.39 is 13.9 Å². The molecule has 7 heteroatoms. The second-order valence-electron chi connectivity index (χ2n) is 10.5. The van der Waals surface area contributed by atoms with Crippen LogP contribution in [0.4, 0.5) is 0 Å². The minimum atomic E-state index is -2.03. The van der Waals surface area contributed by atoms with Crippen molar-refractivity contribution < 1.29 is 23.5 Å². The number of ether oxygens (including phenoxy) is 2. The molecule has 4 aliphatic rings. The highest BCUT2D eigenvalue weighted by Gasteiger charge is 2.72. The Labute approximate surface area is 169 Å². The second-order valence-corrected chi connectivity index (χ2v) is 15.3. The summed E-state index contributed by atoms with van der Waals surface area (Å²) in [6.45, 7) is 14.2. The van der Waals surface area contributed by atoms with Gasteiger partial charge in [0.15, 0.2) is 8.32 Å². The van der Waals surface area contributed by atoms with Gasteiger partial charge in [-0.15, -0.1) is 0 Å². The Kier molecular flexibility index (Phi) is 4.75. The van der Waals surface area contributed by atoms with Crippen LogP contribution in [0.3, 0.4) is 0 Å². The maximum Gasteiger partial charge on any atom is 0.309 e. The first-order valence-electron chi connectivity index (χ1n) is 10.8. The van der Waals surface area contributed by atoms with Crippen molar-refractivity contribution in [1.82, 2.24) is 4.90 Å². The molecule has 2 bridgehead atoms. The summed E-state index contributed by atoms with van der Waals surface area (Å²) in [6.07, 6.45) is 3.03. The lowest BCUT2D eigenvalue weighted by molar-refractivity contribution is -0.156. The molecule has 28 heavy (non-hydrogen) atoms. The van der Waals surface area contributed by atoms with Gasteiger partial charge in [0.1, 0.15) is 5.60 Å². The van der Waals surface area contributed by atoms with Gasteiger partial charge in [0.2, 0.25) is 5.91 Å². The molecule has 1 saturated carbocycles. The standard InChI is InChI=1S/C21H35NO5Si/c1-7-25-19(24)13-11-16-21(26-16)12-14(13)18(23)22-10-8-9-15(22)17(21)27-28(5,6)20(2,3)4/h13-17H,7-12H2,1-6H3/t13-,14+,15?,16+,17-,21-/m0/s1. The molecule has 4 fully saturated rings. The van der Waals surface area contributed by atoms with Crippen LogP contribution in [0.5, 0.6) is 0 Å². The molecular formula is C21H35NO5Si. The molecule has 0 radical (unpaired) electrons. The number of carbonyl (C=O) groups is 2. The number of carbonyl (C=O) groups excluding carboxylic acids is 2. The summed E-state index contributed by atoms with van der Waals surface area (Å²) in [5.41, 5.74) is -0.400. The fourth-order valence-electron chi connectivity index (χ4n) is 5.27. The zero-order valence-electron chi connectivity index (χ0n) is 18.1. The van der Waals surface area contributed by atoms with Crippen molar-refractivity contribution in [2.45, 2.75) is 95.4 Å². The van der Waals surface area contributed by atoms with Gasteiger partial charge >= 0.3 is 5.97 Å². The quantitative estimate of drug-likeness (QED) is 0.405. The molecule has 3 saturated heterocycles. The van der Waals surface area contributed by atoms with Gasteiger partial charge in [0.25, 0.3) is 0 Å². The predicted octanol–water partition coefficient (Wildman–Crippen LogP) is 3.11. The average Bonchev–Trinajstić information content (AvgIpc) is 3.14.